The van der Waals surface area contributed by atoms with Gasteiger partial charge in [0.2, 0.25) is 0 Å². The van der Waals surface area contributed by atoms with Crippen molar-refractivity contribution in [1.29, 1.82) is 0 Å². The SMILES string of the molecule is CNC(C)(C)c1[nH]nc2ccccc12. The fourth-order valence-corrected chi connectivity index (χ4v) is 1.56. The first kappa shape index (κ1) is 9.21. The Morgan fingerprint density at radius 2 is 2.00 bits per heavy atom. The molecule has 3 nitrogen and oxygen atoms in total. The summed E-state index contributed by atoms with van der Waals surface area (Å²) in [6.45, 7) is 4.26. The second-order valence-corrected chi connectivity index (χ2v) is 3.99. The van der Waals surface area contributed by atoms with Crippen LogP contribution in [0.2, 0.25) is 0 Å². The van der Waals surface area contributed by atoms with E-state index in [0.29, 0.717) is 0 Å². The average Bonchev–Trinajstić information content (AvgIpc) is 2.61. The predicted octanol–water partition coefficient (Wildman–Crippen LogP) is 2.02. The number of para-hydroxylation sites is 1. The molecule has 0 aliphatic carbocycles. The maximum Gasteiger partial charge on any atom is 0.0924 e. The van der Waals surface area contributed by atoms with Gasteiger partial charge in [0, 0.05) is 5.39 Å². The highest BCUT2D eigenvalue weighted by molar-refractivity contribution is 5.82. The molecule has 0 saturated carbocycles. The Morgan fingerprint density at radius 3 is 2.71 bits per heavy atom. The minimum absolute atomic E-state index is 0.0733. The molecule has 0 unspecified atom stereocenters. The fourth-order valence-electron chi connectivity index (χ4n) is 1.56. The van der Waals surface area contributed by atoms with E-state index in [1.54, 1.807) is 0 Å². The molecule has 0 fully saturated rings. The quantitative estimate of drug-likeness (QED) is 0.758. The third-order valence-corrected chi connectivity index (χ3v) is 2.71. The number of hydrogen-bond donors (Lipinski definition) is 2. The summed E-state index contributed by atoms with van der Waals surface area (Å²) < 4.78 is 0. The molecule has 0 bridgehead atoms. The standard InChI is InChI=1S/C11H15N3/c1-11(2,12-3)10-8-6-4-5-7-9(8)13-14-10/h4-7,12H,1-3H3,(H,13,14). The van der Waals surface area contributed by atoms with Crippen LogP contribution in [0.1, 0.15) is 19.5 Å². The first-order valence-corrected chi connectivity index (χ1v) is 4.77. The van der Waals surface area contributed by atoms with Gasteiger partial charge in [0.15, 0.2) is 0 Å². The van der Waals surface area contributed by atoms with Crippen LogP contribution < -0.4 is 5.32 Å². The van der Waals surface area contributed by atoms with E-state index in [2.05, 4.69) is 35.4 Å². The molecule has 0 saturated heterocycles. The first-order valence-electron chi connectivity index (χ1n) is 4.77. The van der Waals surface area contributed by atoms with Crippen LogP contribution in [-0.4, -0.2) is 17.2 Å². The number of benzene rings is 1. The van der Waals surface area contributed by atoms with Crippen LogP contribution in [0.15, 0.2) is 24.3 Å². The van der Waals surface area contributed by atoms with Crippen LogP contribution >= 0.6 is 0 Å². The van der Waals surface area contributed by atoms with Crippen molar-refractivity contribution in [3.05, 3.63) is 30.0 Å². The minimum Gasteiger partial charge on any atom is -0.310 e. The summed E-state index contributed by atoms with van der Waals surface area (Å²) in [4.78, 5) is 0. The molecule has 1 aromatic heterocycles. The summed E-state index contributed by atoms with van der Waals surface area (Å²) in [5.41, 5.74) is 2.08. The van der Waals surface area contributed by atoms with E-state index in [1.807, 2.05) is 25.2 Å². The third kappa shape index (κ3) is 1.30. The summed E-state index contributed by atoms with van der Waals surface area (Å²) in [5.74, 6) is 0. The largest absolute Gasteiger partial charge is 0.310 e. The van der Waals surface area contributed by atoms with E-state index >= 15 is 0 Å². The van der Waals surface area contributed by atoms with Crippen molar-refractivity contribution in [3.8, 4) is 0 Å². The van der Waals surface area contributed by atoms with Crippen LogP contribution in [-0.2, 0) is 5.54 Å². The van der Waals surface area contributed by atoms with E-state index in [1.165, 1.54) is 5.39 Å². The predicted molar refractivity (Wildman–Crippen MR) is 58.2 cm³/mol. The Morgan fingerprint density at radius 1 is 1.29 bits per heavy atom. The van der Waals surface area contributed by atoms with Gasteiger partial charge in [-0.05, 0) is 27.0 Å². The molecule has 2 rings (SSSR count). The maximum atomic E-state index is 4.27. The molecule has 14 heavy (non-hydrogen) atoms. The molecule has 2 N–H and O–H groups in total. The Labute approximate surface area is 83.5 Å². The van der Waals surface area contributed by atoms with E-state index < -0.39 is 0 Å². The Kier molecular flexibility index (Phi) is 2.04. The zero-order chi connectivity index (χ0) is 10.2. The van der Waals surface area contributed by atoms with Gasteiger partial charge in [-0.25, -0.2) is 0 Å². The first-order chi connectivity index (χ1) is 6.65. The van der Waals surface area contributed by atoms with Crippen molar-refractivity contribution >= 4 is 10.9 Å². The zero-order valence-electron chi connectivity index (χ0n) is 8.76. The number of nitrogens with zero attached hydrogens (tertiary/aromatic N) is 1. The lowest BCUT2D eigenvalue weighted by atomic mass is 9.98. The summed E-state index contributed by atoms with van der Waals surface area (Å²) in [6.07, 6.45) is 0. The second kappa shape index (κ2) is 3.10. The molecule has 2 aromatic rings. The van der Waals surface area contributed by atoms with Crippen molar-refractivity contribution in [2.45, 2.75) is 19.4 Å². The number of aromatic nitrogens is 2. The topological polar surface area (TPSA) is 40.7 Å². The van der Waals surface area contributed by atoms with Gasteiger partial charge in [-0.1, -0.05) is 18.2 Å². The molecular formula is C11H15N3. The van der Waals surface area contributed by atoms with Crippen LogP contribution in [0.25, 0.3) is 10.9 Å². The van der Waals surface area contributed by atoms with Gasteiger partial charge < -0.3 is 5.32 Å². The van der Waals surface area contributed by atoms with E-state index in [0.717, 1.165) is 11.2 Å². The fraction of sp³-hybridized carbons (Fsp3) is 0.364. The molecule has 1 heterocycles. The van der Waals surface area contributed by atoms with Crippen molar-refractivity contribution in [2.24, 2.45) is 0 Å². The molecule has 0 aliphatic rings. The Balaban J connectivity index is 2.64. The van der Waals surface area contributed by atoms with Gasteiger partial charge in [0.25, 0.3) is 0 Å². The molecule has 0 aliphatic heterocycles. The molecular weight excluding hydrogens is 174 g/mol. The summed E-state index contributed by atoms with van der Waals surface area (Å²) in [7, 11) is 1.95. The van der Waals surface area contributed by atoms with Gasteiger partial charge in [0.1, 0.15) is 0 Å². The number of fused-ring (bicyclic) bond motifs is 1. The third-order valence-electron chi connectivity index (χ3n) is 2.71. The van der Waals surface area contributed by atoms with Gasteiger partial charge in [-0.15, -0.1) is 0 Å². The van der Waals surface area contributed by atoms with Gasteiger partial charge >= 0.3 is 0 Å². The number of hydrogen-bond acceptors (Lipinski definition) is 2. The van der Waals surface area contributed by atoms with Crippen LogP contribution in [0, 0.1) is 0 Å². The van der Waals surface area contributed by atoms with Crippen LogP contribution in [0.5, 0.6) is 0 Å². The summed E-state index contributed by atoms with van der Waals surface area (Å²) in [5, 5.41) is 11.8. The smallest absolute Gasteiger partial charge is 0.0924 e. The minimum atomic E-state index is -0.0733. The lowest BCUT2D eigenvalue weighted by molar-refractivity contribution is 0.434. The number of nitrogens with one attached hydrogen (secondary N) is 2. The van der Waals surface area contributed by atoms with Crippen molar-refractivity contribution in [3.63, 3.8) is 0 Å². The lowest BCUT2D eigenvalue weighted by Crippen LogP contribution is -2.33. The van der Waals surface area contributed by atoms with Gasteiger partial charge in [0.05, 0.1) is 16.7 Å². The number of rotatable bonds is 2. The molecule has 0 atom stereocenters. The second-order valence-electron chi connectivity index (χ2n) is 3.99. The number of H-pyrrole nitrogens is 1. The average molecular weight is 189 g/mol. The van der Waals surface area contributed by atoms with Gasteiger partial charge in [-0.2, -0.15) is 5.10 Å². The summed E-state index contributed by atoms with van der Waals surface area (Å²) >= 11 is 0. The van der Waals surface area contributed by atoms with Crippen molar-refractivity contribution in [2.75, 3.05) is 7.05 Å². The molecule has 1 aromatic carbocycles. The Hall–Kier alpha value is -1.35. The molecule has 74 valence electrons. The summed E-state index contributed by atoms with van der Waals surface area (Å²) in [6, 6.07) is 8.14. The molecule has 0 amide bonds. The zero-order valence-corrected chi connectivity index (χ0v) is 8.76. The maximum absolute atomic E-state index is 4.27. The lowest BCUT2D eigenvalue weighted by Gasteiger charge is -2.22. The highest BCUT2D eigenvalue weighted by Crippen LogP contribution is 2.25. The van der Waals surface area contributed by atoms with Crippen molar-refractivity contribution in [1.82, 2.24) is 15.5 Å². The van der Waals surface area contributed by atoms with E-state index in [4.69, 9.17) is 0 Å². The van der Waals surface area contributed by atoms with E-state index in [9.17, 15) is 0 Å². The monoisotopic (exact) mass is 189 g/mol. The Bertz CT molecular complexity index is 442. The normalized spacial score (nSPS) is 12.2. The highest BCUT2D eigenvalue weighted by Gasteiger charge is 2.22. The number of aromatic amines is 1. The molecule has 0 radical (unpaired) electrons. The molecule has 3 heteroatoms. The molecule has 0 spiro atoms. The highest BCUT2D eigenvalue weighted by atomic mass is 15.1. The van der Waals surface area contributed by atoms with Crippen molar-refractivity contribution < 1.29 is 0 Å². The van der Waals surface area contributed by atoms with Crippen LogP contribution in [0.4, 0.5) is 0 Å². The van der Waals surface area contributed by atoms with Crippen LogP contribution in [0.3, 0.4) is 0 Å². The van der Waals surface area contributed by atoms with E-state index in [-0.39, 0.29) is 5.54 Å². The van der Waals surface area contributed by atoms with Gasteiger partial charge in [-0.3, -0.25) is 5.10 Å².